The molecule has 1 aromatic heterocycles. The van der Waals surface area contributed by atoms with Crippen molar-refractivity contribution < 1.29 is 4.74 Å². The summed E-state index contributed by atoms with van der Waals surface area (Å²) in [6.07, 6.45) is 0.620. The second-order valence-corrected chi connectivity index (χ2v) is 4.22. The SMILES string of the molecule is COc1ccccc1Cc1nc(C)c(C)c(N)n1. The molecule has 0 fully saturated rings. The summed E-state index contributed by atoms with van der Waals surface area (Å²) in [4.78, 5) is 8.77. The number of para-hydroxylation sites is 1. The highest BCUT2D eigenvalue weighted by Gasteiger charge is 2.08. The summed E-state index contributed by atoms with van der Waals surface area (Å²) in [6.45, 7) is 3.87. The van der Waals surface area contributed by atoms with Gasteiger partial charge in [-0.05, 0) is 19.9 Å². The maximum atomic E-state index is 5.86. The van der Waals surface area contributed by atoms with E-state index in [4.69, 9.17) is 10.5 Å². The molecule has 0 spiro atoms. The van der Waals surface area contributed by atoms with Crippen molar-refractivity contribution in [1.82, 2.24) is 9.97 Å². The van der Waals surface area contributed by atoms with Gasteiger partial charge in [-0.3, -0.25) is 0 Å². The molecule has 18 heavy (non-hydrogen) atoms. The van der Waals surface area contributed by atoms with Gasteiger partial charge in [0.25, 0.3) is 0 Å². The number of rotatable bonds is 3. The Kier molecular flexibility index (Phi) is 3.46. The van der Waals surface area contributed by atoms with Crippen LogP contribution in [0.2, 0.25) is 0 Å². The highest BCUT2D eigenvalue weighted by Crippen LogP contribution is 2.20. The molecule has 0 bridgehead atoms. The molecule has 1 aromatic carbocycles. The van der Waals surface area contributed by atoms with E-state index in [0.29, 0.717) is 12.2 Å². The Morgan fingerprint density at radius 1 is 1.17 bits per heavy atom. The summed E-state index contributed by atoms with van der Waals surface area (Å²) in [5.41, 5.74) is 8.79. The van der Waals surface area contributed by atoms with Crippen LogP contribution in [-0.4, -0.2) is 17.1 Å². The molecule has 2 rings (SSSR count). The van der Waals surface area contributed by atoms with Crippen molar-refractivity contribution in [3.63, 3.8) is 0 Å². The van der Waals surface area contributed by atoms with E-state index in [0.717, 1.165) is 28.4 Å². The second-order valence-electron chi connectivity index (χ2n) is 4.22. The van der Waals surface area contributed by atoms with Gasteiger partial charge in [-0.15, -0.1) is 0 Å². The van der Waals surface area contributed by atoms with Crippen molar-refractivity contribution >= 4 is 5.82 Å². The Morgan fingerprint density at radius 2 is 1.89 bits per heavy atom. The normalized spacial score (nSPS) is 10.4. The molecule has 0 saturated carbocycles. The molecule has 0 radical (unpaired) electrons. The predicted octanol–water partition coefficient (Wildman–Crippen LogP) is 2.28. The lowest BCUT2D eigenvalue weighted by molar-refractivity contribution is 0.410. The average Bonchev–Trinajstić information content (AvgIpc) is 2.36. The van der Waals surface area contributed by atoms with Gasteiger partial charge in [0, 0.05) is 23.2 Å². The van der Waals surface area contributed by atoms with E-state index in [-0.39, 0.29) is 0 Å². The molecule has 1 heterocycles. The third kappa shape index (κ3) is 2.42. The van der Waals surface area contributed by atoms with Crippen molar-refractivity contribution in [2.45, 2.75) is 20.3 Å². The van der Waals surface area contributed by atoms with E-state index >= 15 is 0 Å². The summed E-state index contributed by atoms with van der Waals surface area (Å²) in [5.74, 6) is 2.12. The fraction of sp³-hybridized carbons (Fsp3) is 0.286. The smallest absolute Gasteiger partial charge is 0.135 e. The quantitative estimate of drug-likeness (QED) is 0.898. The van der Waals surface area contributed by atoms with Gasteiger partial charge in [0.05, 0.1) is 7.11 Å². The van der Waals surface area contributed by atoms with Crippen LogP contribution in [0.3, 0.4) is 0 Å². The van der Waals surface area contributed by atoms with Gasteiger partial charge in [0.1, 0.15) is 17.4 Å². The van der Waals surface area contributed by atoms with Crippen molar-refractivity contribution in [2.24, 2.45) is 0 Å². The Labute approximate surface area is 107 Å². The molecule has 2 N–H and O–H groups in total. The lowest BCUT2D eigenvalue weighted by atomic mass is 10.1. The maximum absolute atomic E-state index is 5.86. The van der Waals surface area contributed by atoms with Crippen LogP contribution in [-0.2, 0) is 6.42 Å². The van der Waals surface area contributed by atoms with Crippen molar-refractivity contribution in [2.75, 3.05) is 12.8 Å². The van der Waals surface area contributed by atoms with Crippen LogP contribution in [0, 0.1) is 13.8 Å². The average molecular weight is 243 g/mol. The topological polar surface area (TPSA) is 61.0 Å². The number of nitrogen functional groups attached to an aromatic ring is 1. The van der Waals surface area contributed by atoms with E-state index in [1.54, 1.807) is 7.11 Å². The van der Waals surface area contributed by atoms with E-state index in [9.17, 15) is 0 Å². The molecule has 0 unspecified atom stereocenters. The van der Waals surface area contributed by atoms with Crippen LogP contribution in [0.1, 0.15) is 22.6 Å². The molecule has 0 aliphatic rings. The first-order valence-corrected chi connectivity index (χ1v) is 5.83. The van der Waals surface area contributed by atoms with E-state index in [2.05, 4.69) is 9.97 Å². The first kappa shape index (κ1) is 12.4. The standard InChI is InChI=1S/C14H17N3O/c1-9-10(2)16-13(17-14(9)15)8-11-6-4-5-7-12(11)18-3/h4-7H,8H2,1-3H3,(H2,15,16,17). The van der Waals surface area contributed by atoms with Crippen LogP contribution < -0.4 is 10.5 Å². The summed E-state index contributed by atoms with van der Waals surface area (Å²) in [5, 5.41) is 0. The van der Waals surface area contributed by atoms with Gasteiger partial charge in [-0.1, -0.05) is 18.2 Å². The zero-order chi connectivity index (χ0) is 13.1. The number of hydrogen-bond acceptors (Lipinski definition) is 4. The summed E-state index contributed by atoms with van der Waals surface area (Å²) < 4.78 is 5.31. The number of anilines is 1. The molecular weight excluding hydrogens is 226 g/mol. The Hall–Kier alpha value is -2.10. The van der Waals surface area contributed by atoms with Crippen LogP contribution in [0.25, 0.3) is 0 Å². The number of benzene rings is 1. The van der Waals surface area contributed by atoms with Gasteiger partial charge >= 0.3 is 0 Å². The molecule has 2 aromatic rings. The largest absolute Gasteiger partial charge is 0.496 e. The van der Waals surface area contributed by atoms with Gasteiger partial charge < -0.3 is 10.5 Å². The van der Waals surface area contributed by atoms with Gasteiger partial charge in [0.2, 0.25) is 0 Å². The summed E-state index contributed by atoms with van der Waals surface area (Å²) in [6, 6.07) is 7.85. The van der Waals surface area contributed by atoms with Crippen LogP contribution in [0.4, 0.5) is 5.82 Å². The zero-order valence-corrected chi connectivity index (χ0v) is 10.9. The van der Waals surface area contributed by atoms with Crippen LogP contribution >= 0.6 is 0 Å². The number of methoxy groups -OCH3 is 1. The molecule has 4 nitrogen and oxygen atoms in total. The molecule has 0 saturated heterocycles. The van der Waals surface area contributed by atoms with E-state index in [1.807, 2.05) is 38.1 Å². The molecule has 0 amide bonds. The number of nitrogens with zero attached hydrogens (tertiary/aromatic N) is 2. The number of ether oxygens (including phenoxy) is 1. The van der Waals surface area contributed by atoms with Crippen LogP contribution in [0.15, 0.2) is 24.3 Å². The number of hydrogen-bond donors (Lipinski definition) is 1. The second kappa shape index (κ2) is 5.04. The first-order chi connectivity index (χ1) is 8.61. The van der Waals surface area contributed by atoms with Crippen molar-refractivity contribution in [3.8, 4) is 5.75 Å². The summed E-state index contributed by atoms with van der Waals surface area (Å²) in [7, 11) is 1.66. The fourth-order valence-electron chi connectivity index (χ4n) is 1.81. The molecular formula is C14H17N3O. The summed E-state index contributed by atoms with van der Waals surface area (Å²) >= 11 is 0. The van der Waals surface area contributed by atoms with Crippen molar-refractivity contribution in [1.29, 1.82) is 0 Å². The third-order valence-electron chi connectivity index (χ3n) is 3.01. The monoisotopic (exact) mass is 243 g/mol. The van der Waals surface area contributed by atoms with E-state index < -0.39 is 0 Å². The van der Waals surface area contributed by atoms with E-state index in [1.165, 1.54) is 0 Å². The molecule has 0 atom stereocenters. The van der Waals surface area contributed by atoms with Crippen LogP contribution in [0.5, 0.6) is 5.75 Å². The molecule has 0 aliphatic carbocycles. The molecule has 94 valence electrons. The minimum absolute atomic E-state index is 0.549. The highest BCUT2D eigenvalue weighted by molar-refractivity contribution is 5.42. The highest BCUT2D eigenvalue weighted by atomic mass is 16.5. The number of aryl methyl sites for hydroxylation is 1. The maximum Gasteiger partial charge on any atom is 0.135 e. The predicted molar refractivity (Wildman–Crippen MR) is 71.7 cm³/mol. The third-order valence-corrected chi connectivity index (χ3v) is 3.01. The lowest BCUT2D eigenvalue weighted by Crippen LogP contribution is -2.06. The lowest BCUT2D eigenvalue weighted by Gasteiger charge is -2.09. The Balaban J connectivity index is 2.34. The molecule has 0 aliphatic heterocycles. The van der Waals surface area contributed by atoms with Gasteiger partial charge in [-0.25, -0.2) is 9.97 Å². The number of nitrogens with two attached hydrogens (primary N) is 1. The van der Waals surface area contributed by atoms with Gasteiger partial charge in [-0.2, -0.15) is 0 Å². The first-order valence-electron chi connectivity index (χ1n) is 5.83. The fourth-order valence-corrected chi connectivity index (χ4v) is 1.81. The Bertz CT molecular complexity index is 544. The Morgan fingerprint density at radius 3 is 2.56 bits per heavy atom. The zero-order valence-electron chi connectivity index (χ0n) is 10.9. The van der Waals surface area contributed by atoms with Crippen molar-refractivity contribution in [3.05, 3.63) is 46.9 Å². The number of aromatic nitrogens is 2. The van der Waals surface area contributed by atoms with Gasteiger partial charge in [0.15, 0.2) is 0 Å². The minimum atomic E-state index is 0.549. The molecule has 4 heteroatoms. The minimum Gasteiger partial charge on any atom is -0.496 e.